The van der Waals surface area contributed by atoms with Crippen LogP contribution in [-0.4, -0.2) is 0 Å². The van der Waals surface area contributed by atoms with Crippen LogP contribution >= 0.6 is 0 Å². The van der Waals surface area contributed by atoms with Gasteiger partial charge in [0.15, 0.2) is 0 Å². The van der Waals surface area contributed by atoms with Crippen LogP contribution in [-0.2, 0) is 0 Å². The molecule has 0 spiro atoms. The lowest BCUT2D eigenvalue weighted by molar-refractivity contribution is 1.40. The average Bonchev–Trinajstić information content (AvgIpc) is 2.29. The number of allylic oxidation sites excluding steroid dienone is 5. The van der Waals surface area contributed by atoms with Crippen LogP contribution in [0.25, 0.3) is 5.57 Å². The predicted octanol–water partition coefficient (Wildman–Crippen LogP) is 5.17. The first-order valence-corrected chi connectivity index (χ1v) is 5.66. The Morgan fingerprint density at radius 1 is 1.28 bits per heavy atom. The highest BCUT2D eigenvalue weighted by Gasteiger charge is 2.07. The van der Waals surface area contributed by atoms with Crippen LogP contribution in [0, 0.1) is 19.3 Å². The molecule has 0 radical (unpaired) electrons. The molecule has 0 saturated carbocycles. The molecule has 0 heteroatoms. The summed E-state index contributed by atoms with van der Waals surface area (Å²) in [7, 11) is 0. The predicted molar refractivity (Wildman–Crippen MR) is 83.3 cm³/mol. The summed E-state index contributed by atoms with van der Waals surface area (Å²) in [5, 5.41) is 0. The van der Waals surface area contributed by atoms with Gasteiger partial charge in [-0.15, -0.1) is 6.42 Å². The second-order valence-electron chi connectivity index (χ2n) is 4.07. The summed E-state index contributed by atoms with van der Waals surface area (Å²) < 4.78 is 0. The minimum absolute atomic E-state index is 0. The Morgan fingerprint density at radius 2 is 1.83 bits per heavy atom. The lowest BCUT2D eigenvalue weighted by Crippen LogP contribution is -1.91. The average molecular weight is 238 g/mol. The Morgan fingerprint density at radius 3 is 2.22 bits per heavy atom. The first-order valence-electron chi connectivity index (χ1n) is 5.66. The van der Waals surface area contributed by atoms with E-state index in [9.17, 15) is 0 Å². The fraction of sp³-hybridized carbons (Fsp3) is 0.222. The number of hydrogen-bond acceptors (Lipinski definition) is 0. The number of benzene rings is 1. The molecule has 0 unspecified atom stereocenters. The molecule has 0 nitrogen and oxygen atoms in total. The monoisotopic (exact) mass is 238 g/mol. The Labute approximate surface area is 112 Å². The van der Waals surface area contributed by atoms with Gasteiger partial charge in [0.2, 0.25) is 0 Å². The second-order valence-corrected chi connectivity index (χ2v) is 4.07. The molecule has 0 fully saturated rings. The van der Waals surface area contributed by atoms with Gasteiger partial charge in [0.05, 0.1) is 0 Å². The Kier molecular flexibility index (Phi) is 6.53. The van der Waals surface area contributed by atoms with Crippen LogP contribution in [0.1, 0.15) is 32.4 Å². The zero-order valence-electron chi connectivity index (χ0n) is 10.7. The molecular formula is C18H22. The van der Waals surface area contributed by atoms with Crippen molar-refractivity contribution in [3.05, 3.63) is 65.3 Å². The first kappa shape index (κ1) is 16.0. The smallest absolute Gasteiger partial charge is 0.00288 e. The maximum absolute atomic E-state index is 5.41. The molecule has 94 valence electrons. The van der Waals surface area contributed by atoms with Gasteiger partial charge in [-0.3, -0.25) is 0 Å². The van der Waals surface area contributed by atoms with Gasteiger partial charge < -0.3 is 0 Å². The molecule has 0 saturated heterocycles. The van der Waals surface area contributed by atoms with Crippen molar-refractivity contribution < 1.29 is 0 Å². The summed E-state index contributed by atoms with van der Waals surface area (Å²) in [5.74, 6) is 2.61. The summed E-state index contributed by atoms with van der Waals surface area (Å²) in [6.45, 7) is 10.1. The van der Waals surface area contributed by atoms with E-state index in [2.05, 4.69) is 43.7 Å². The molecule has 0 atom stereocenters. The van der Waals surface area contributed by atoms with E-state index in [4.69, 9.17) is 6.42 Å². The highest BCUT2D eigenvalue weighted by Crippen LogP contribution is 2.27. The van der Waals surface area contributed by atoms with Crippen molar-refractivity contribution in [2.45, 2.75) is 28.2 Å². The standard InChI is InChI=1S/C17H18.CH4/c1-6-8-17(16(7-2)13(3)4)15-11-9-14(5)10-12-15;/h1,7-12H,3H2,2,4-5H3;1H4/b16-7+,17-8-;. The van der Waals surface area contributed by atoms with Gasteiger partial charge in [0.25, 0.3) is 0 Å². The fourth-order valence-corrected chi connectivity index (χ4v) is 1.76. The molecule has 0 aromatic heterocycles. The second kappa shape index (κ2) is 7.35. The lowest BCUT2D eigenvalue weighted by atomic mass is 9.93. The van der Waals surface area contributed by atoms with Gasteiger partial charge >= 0.3 is 0 Å². The molecule has 1 aromatic rings. The molecule has 0 bridgehead atoms. The Balaban J connectivity index is 0.00000289. The van der Waals surface area contributed by atoms with E-state index in [1.54, 1.807) is 6.08 Å². The van der Waals surface area contributed by atoms with E-state index in [-0.39, 0.29) is 7.43 Å². The molecule has 0 heterocycles. The van der Waals surface area contributed by atoms with Crippen LogP contribution in [0.15, 0.2) is 54.1 Å². The molecule has 0 aliphatic heterocycles. The number of rotatable bonds is 3. The molecule has 0 aliphatic rings. The van der Waals surface area contributed by atoms with E-state index >= 15 is 0 Å². The first-order chi connectivity index (χ1) is 8.10. The molecule has 0 N–H and O–H groups in total. The van der Waals surface area contributed by atoms with E-state index in [0.29, 0.717) is 0 Å². The van der Waals surface area contributed by atoms with Gasteiger partial charge in [0, 0.05) is 0 Å². The maximum Gasteiger partial charge on any atom is -0.00288 e. The number of terminal acetylenes is 1. The number of aryl methyl sites for hydroxylation is 1. The maximum atomic E-state index is 5.41. The SMILES string of the molecule is C.C#C/C=C(\C(=C\C)C(=C)C)c1ccc(C)cc1. The van der Waals surface area contributed by atoms with Gasteiger partial charge in [-0.1, -0.05) is 61.4 Å². The third-order valence-corrected chi connectivity index (χ3v) is 2.63. The van der Waals surface area contributed by atoms with Crippen LogP contribution in [0.5, 0.6) is 0 Å². The third kappa shape index (κ3) is 3.79. The largest absolute Gasteiger partial charge is 0.115 e. The topological polar surface area (TPSA) is 0 Å². The molecular weight excluding hydrogens is 216 g/mol. The van der Waals surface area contributed by atoms with Gasteiger partial charge in [-0.05, 0) is 43.6 Å². The Hall–Kier alpha value is -2.00. The minimum Gasteiger partial charge on any atom is -0.115 e. The highest BCUT2D eigenvalue weighted by molar-refractivity contribution is 5.84. The summed E-state index contributed by atoms with van der Waals surface area (Å²) in [5.41, 5.74) is 5.56. The van der Waals surface area contributed by atoms with E-state index in [0.717, 1.165) is 22.3 Å². The van der Waals surface area contributed by atoms with E-state index in [1.165, 1.54) is 5.56 Å². The zero-order valence-corrected chi connectivity index (χ0v) is 10.7. The van der Waals surface area contributed by atoms with Crippen LogP contribution < -0.4 is 0 Å². The van der Waals surface area contributed by atoms with Gasteiger partial charge in [-0.25, -0.2) is 0 Å². The minimum atomic E-state index is 0. The van der Waals surface area contributed by atoms with Crippen molar-refractivity contribution in [2.24, 2.45) is 0 Å². The third-order valence-electron chi connectivity index (χ3n) is 2.63. The van der Waals surface area contributed by atoms with Crippen molar-refractivity contribution in [2.75, 3.05) is 0 Å². The van der Waals surface area contributed by atoms with E-state index in [1.807, 2.05) is 19.9 Å². The zero-order chi connectivity index (χ0) is 12.8. The van der Waals surface area contributed by atoms with Crippen LogP contribution in [0.4, 0.5) is 0 Å². The molecule has 1 aromatic carbocycles. The molecule has 0 aliphatic carbocycles. The molecule has 0 amide bonds. The van der Waals surface area contributed by atoms with Crippen molar-refractivity contribution >= 4 is 5.57 Å². The normalized spacial score (nSPS) is 11.4. The summed E-state index contributed by atoms with van der Waals surface area (Å²) in [4.78, 5) is 0. The van der Waals surface area contributed by atoms with Crippen LogP contribution in [0.3, 0.4) is 0 Å². The van der Waals surface area contributed by atoms with Crippen molar-refractivity contribution in [3.8, 4) is 12.3 Å². The van der Waals surface area contributed by atoms with Crippen LogP contribution in [0.2, 0.25) is 0 Å². The van der Waals surface area contributed by atoms with Crippen molar-refractivity contribution in [1.29, 1.82) is 0 Å². The molecule has 1 rings (SSSR count). The van der Waals surface area contributed by atoms with Gasteiger partial charge in [-0.2, -0.15) is 0 Å². The lowest BCUT2D eigenvalue weighted by Gasteiger charge is -2.11. The summed E-state index contributed by atoms with van der Waals surface area (Å²) in [6.07, 6.45) is 9.25. The fourth-order valence-electron chi connectivity index (χ4n) is 1.76. The summed E-state index contributed by atoms with van der Waals surface area (Å²) >= 11 is 0. The number of hydrogen-bond donors (Lipinski definition) is 0. The summed E-state index contributed by atoms with van der Waals surface area (Å²) in [6, 6.07) is 8.35. The highest BCUT2D eigenvalue weighted by atomic mass is 14.1. The van der Waals surface area contributed by atoms with E-state index < -0.39 is 0 Å². The van der Waals surface area contributed by atoms with Gasteiger partial charge in [0.1, 0.15) is 0 Å². The molecule has 18 heavy (non-hydrogen) atoms. The quantitative estimate of drug-likeness (QED) is 0.503. The van der Waals surface area contributed by atoms with Crippen molar-refractivity contribution in [3.63, 3.8) is 0 Å². The van der Waals surface area contributed by atoms with Crippen molar-refractivity contribution in [1.82, 2.24) is 0 Å². The Bertz CT molecular complexity index is 502.